The van der Waals surface area contributed by atoms with Crippen LogP contribution in [0.1, 0.15) is 16.4 Å². The maximum atomic E-state index is 13.2. The molecule has 0 saturated carbocycles. The van der Waals surface area contributed by atoms with Gasteiger partial charge in [-0.2, -0.15) is 0 Å². The molecule has 2 aliphatic heterocycles. The SMILES string of the molecule is O=C(O)C1=CCS[C@@H]2[C@H](NC(=O)[C@H](/C=C\c3ccc([N+](=O)[O-])cc3[N+](=O)[O-])c3cccs3)C(=O)N12. The van der Waals surface area contributed by atoms with E-state index in [2.05, 4.69) is 5.32 Å². The number of nitro benzene ring substituents is 2. The molecule has 1 aromatic carbocycles. The molecule has 14 heteroatoms. The number of hydrogen-bond acceptors (Lipinski definition) is 9. The second kappa shape index (κ2) is 9.68. The predicted octanol–water partition coefficient (Wildman–Crippen LogP) is 2.73. The Morgan fingerprint density at radius 3 is 2.63 bits per heavy atom. The second-order valence-electron chi connectivity index (χ2n) is 7.42. The Hall–Kier alpha value is -4.04. The zero-order valence-electron chi connectivity index (χ0n) is 17.6. The minimum Gasteiger partial charge on any atom is -0.477 e. The number of nitrogens with one attached hydrogen (secondary N) is 1. The van der Waals surface area contributed by atoms with Gasteiger partial charge in [-0.3, -0.25) is 34.7 Å². The summed E-state index contributed by atoms with van der Waals surface area (Å²) in [6.07, 6.45) is 4.20. The minimum atomic E-state index is -1.22. The first-order valence-corrected chi connectivity index (χ1v) is 11.9. The van der Waals surface area contributed by atoms with Crippen LogP contribution in [0.15, 0.2) is 53.6 Å². The lowest BCUT2D eigenvalue weighted by Gasteiger charge is -2.48. The van der Waals surface area contributed by atoms with Gasteiger partial charge in [-0.1, -0.05) is 18.2 Å². The Balaban J connectivity index is 1.57. The summed E-state index contributed by atoms with van der Waals surface area (Å²) in [5.74, 6) is -2.84. The monoisotopic (exact) mass is 516 g/mol. The third-order valence-electron chi connectivity index (χ3n) is 5.39. The van der Waals surface area contributed by atoms with E-state index in [1.54, 1.807) is 17.5 Å². The third kappa shape index (κ3) is 4.65. The minimum absolute atomic E-state index is 0.0694. The van der Waals surface area contributed by atoms with Gasteiger partial charge in [-0.15, -0.1) is 23.1 Å². The molecule has 35 heavy (non-hydrogen) atoms. The van der Waals surface area contributed by atoms with Crippen LogP contribution in [-0.4, -0.2) is 54.8 Å². The molecule has 2 aromatic rings. The van der Waals surface area contributed by atoms with E-state index in [9.17, 15) is 39.7 Å². The van der Waals surface area contributed by atoms with Gasteiger partial charge in [-0.25, -0.2) is 4.79 Å². The van der Waals surface area contributed by atoms with Crippen molar-refractivity contribution in [3.63, 3.8) is 0 Å². The summed E-state index contributed by atoms with van der Waals surface area (Å²) >= 11 is 2.59. The fourth-order valence-corrected chi connectivity index (χ4v) is 5.70. The quantitative estimate of drug-likeness (QED) is 0.304. The molecule has 0 radical (unpaired) electrons. The van der Waals surface area contributed by atoms with Gasteiger partial charge in [0, 0.05) is 16.7 Å². The highest BCUT2D eigenvalue weighted by molar-refractivity contribution is 8.00. The summed E-state index contributed by atoms with van der Waals surface area (Å²) in [5, 5.41) is 35.5. The van der Waals surface area contributed by atoms with Crippen molar-refractivity contribution in [3.8, 4) is 0 Å². The van der Waals surface area contributed by atoms with Crippen LogP contribution >= 0.6 is 23.1 Å². The molecule has 1 fully saturated rings. The molecule has 0 aliphatic carbocycles. The average Bonchev–Trinajstić information content (AvgIpc) is 3.36. The van der Waals surface area contributed by atoms with E-state index in [0.29, 0.717) is 10.6 Å². The first kappa shape index (κ1) is 24.1. The molecule has 0 bridgehead atoms. The summed E-state index contributed by atoms with van der Waals surface area (Å²) in [4.78, 5) is 59.8. The number of fused-ring (bicyclic) bond motifs is 1. The van der Waals surface area contributed by atoms with Gasteiger partial charge in [0.15, 0.2) is 0 Å². The average molecular weight is 517 g/mol. The van der Waals surface area contributed by atoms with Gasteiger partial charge in [-0.05, 0) is 23.6 Å². The van der Waals surface area contributed by atoms with Crippen molar-refractivity contribution in [2.75, 3.05) is 5.75 Å². The Morgan fingerprint density at radius 2 is 2.00 bits per heavy atom. The third-order valence-corrected chi connectivity index (χ3v) is 7.52. The number of hydrogen-bond donors (Lipinski definition) is 2. The van der Waals surface area contributed by atoms with Crippen LogP contribution in [0.5, 0.6) is 0 Å². The standard InChI is InChI=1S/C21H16N4O8S2/c26-18(22-17-19(27)23-14(21(28)29)7-9-35-20(17)23)13(16-2-1-8-34-16)6-4-11-3-5-12(24(30)31)10-15(11)25(32)33/h1-8,10,13,17,20H,9H2,(H,22,26)(H,28,29)/b6-4-/t13-,17-,20-/m1/s1. The summed E-state index contributed by atoms with van der Waals surface area (Å²) in [6.45, 7) is 0. The molecule has 2 amide bonds. The van der Waals surface area contributed by atoms with Gasteiger partial charge >= 0.3 is 5.97 Å². The molecule has 0 spiro atoms. The summed E-state index contributed by atoms with van der Waals surface area (Å²) in [7, 11) is 0. The van der Waals surface area contributed by atoms with E-state index in [1.165, 1.54) is 47.4 Å². The van der Waals surface area contributed by atoms with Crippen LogP contribution < -0.4 is 5.32 Å². The number of carboxylic acids is 1. The number of carboxylic acid groups (broad SMARTS) is 1. The molecule has 4 rings (SSSR count). The molecule has 1 saturated heterocycles. The van der Waals surface area contributed by atoms with Crippen LogP contribution in [-0.2, 0) is 14.4 Å². The van der Waals surface area contributed by atoms with E-state index in [-0.39, 0.29) is 11.3 Å². The topological polar surface area (TPSA) is 173 Å². The summed E-state index contributed by atoms with van der Waals surface area (Å²) < 4.78 is 0. The molecule has 3 atom stereocenters. The highest BCUT2D eigenvalue weighted by Gasteiger charge is 2.53. The van der Waals surface area contributed by atoms with Crippen LogP contribution in [0.2, 0.25) is 0 Å². The number of non-ortho nitro benzene ring substituents is 1. The van der Waals surface area contributed by atoms with Crippen molar-refractivity contribution in [3.05, 3.63) is 84.2 Å². The van der Waals surface area contributed by atoms with Crippen molar-refractivity contribution in [2.45, 2.75) is 17.3 Å². The van der Waals surface area contributed by atoms with Gasteiger partial charge in [0.2, 0.25) is 5.91 Å². The Morgan fingerprint density at radius 1 is 1.23 bits per heavy atom. The summed E-state index contributed by atoms with van der Waals surface area (Å²) in [6, 6.07) is 5.69. The number of rotatable bonds is 8. The van der Waals surface area contributed by atoms with E-state index in [4.69, 9.17) is 0 Å². The van der Waals surface area contributed by atoms with Crippen LogP contribution in [0.25, 0.3) is 6.08 Å². The number of nitrogens with zero attached hydrogens (tertiary/aromatic N) is 3. The normalized spacial score (nSPS) is 19.9. The molecule has 2 N–H and O–H groups in total. The number of carbonyl (C=O) groups excluding carboxylic acids is 2. The number of aliphatic carboxylic acids is 1. The van der Waals surface area contributed by atoms with E-state index >= 15 is 0 Å². The Kier molecular flexibility index (Phi) is 6.66. The molecule has 1 aromatic heterocycles. The Labute approximate surface area is 205 Å². The lowest BCUT2D eigenvalue weighted by Crippen LogP contribution is -2.70. The molecule has 12 nitrogen and oxygen atoms in total. The number of thioether (sulfide) groups is 1. The Bertz CT molecular complexity index is 1290. The zero-order chi connectivity index (χ0) is 25.3. The van der Waals surface area contributed by atoms with Crippen molar-refractivity contribution >= 4 is 58.3 Å². The molecular weight excluding hydrogens is 500 g/mol. The molecule has 3 heterocycles. The predicted molar refractivity (Wildman–Crippen MR) is 127 cm³/mol. The summed E-state index contributed by atoms with van der Waals surface area (Å²) in [5.41, 5.74) is -0.976. The fourth-order valence-electron chi connectivity index (χ4n) is 3.71. The number of thiophene rings is 1. The van der Waals surface area contributed by atoms with E-state index in [0.717, 1.165) is 17.0 Å². The van der Waals surface area contributed by atoms with Crippen molar-refractivity contribution in [2.24, 2.45) is 0 Å². The van der Waals surface area contributed by atoms with Crippen LogP contribution in [0.4, 0.5) is 11.4 Å². The highest BCUT2D eigenvalue weighted by atomic mass is 32.2. The second-order valence-corrected chi connectivity index (χ2v) is 9.55. The smallest absolute Gasteiger partial charge is 0.352 e. The van der Waals surface area contributed by atoms with Gasteiger partial charge < -0.3 is 10.4 Å². The van der Waals surface area contributed by atoms with Crippen molar-refractivity contribution in [1.82, 2.24) is 10.2 Å². The van der Waals surface area contributed by atoms with Crippen molar-refractivity contribution in [1.29, 1.82) is 0 Å². The first-order valence-electron chi connectivity index (χ1n) is 10.0. The number of nitro groups is 2. The number of amides is 2. The maximum Gasteiger partial charge on any atom is 0.352 e. The highest BCUT2D eigenvalue weighted by Crippen LogP contribution is 2.38. The van der Waals surface area contributed by atoms with Crippen LogP contribution in [0.3, 0.4) is 0 Å². The molecule has 180 valence electrons. The van der Waals surface area contributed by atoms with E-state index < -0.39 is 56.3 Å². The van der Waals surface area contributed by atoms with Gasteiger partial charge in [0.05, 0.1) is 27.4 Å². The number of benzene rings is 1. The maximum absolute atomic E-state index is 13.2. The molecule has 0 unspecified atom stereocenters. The lowest BCUT2D eigenvalue weighted by molar-refractivity contribution is -0.394. The van der Waals surface area contributed by atoms with E-state index in [1.807, 2.05) is 0 Å². The van der Waals surface area contributed by atoms with Crippen molar-refractivity contribution < 1.29 is 29.3 Å². The zero-order valence-corrected chi connectivity index (χ0v) is 19.2. The first-order chi connectivity index (χ1) is 16.7. The lowest BCUT2D eigenvalue weighted by atomic mass is 10.0. The fraction of sp³-hybridized carbons (Fsp3) is 0.190. The number of β-lactam (4-membered cyclic amide) rings is 1. The molecular formula is C21H16N4O8S2. The largest absolute Gasteiger partial charge is 0.477 e. The van der Waals surface area contributed by atoms with Gasteiger partial charge in [0.25, 0.3) is 17.3 Å². The number of carbonyl (C=O) groups is 3. The molecule has 2 aliphatic rings. The van der Waals surface area contributed by atoms with Crippen LogP contribution in [0, 0.1) is 20.2 Å². The van der Waals surface area contributed by atoms with Gasteiger partial charge in [0.1, 0.15) is 17.1 Å².